The smallest absolute Gasteiger partial charge is 0.243 e. The summed E-state index contributed by atoms with van der Waals surface area (Å²) in [5, 5.41) is 5.28. The predicted octanol–water partition coefficient (Wildman–Crippen LogP) is 2.45. The number of sulfonamides is 1. The van der Waals surface area contributed by atoms with E-state index >= 15 is 0 Å². The molecule has 0 saturated carbocycles. The van der Waals surface area contributed by atoms with Crippen LogP contribution in [0.3, 0.4) is 0 Å². The Morgan fingerprint density at radius 2 is 1.72 bits per heavy atom. The first-order valence-corrected chi connectivity index (χ1v) is 13.1. The van der Waals surface area contributed by atoms with E-state index in [1.54, 1.807) is 38.1 Å². The molecule has 2 heterocycles. The number of benzene rings is 2. The Bertz CT molecular complexity index is 1180. The normalized spacial score (nSPS) is 21.9. The molecule has 200 valence electrons. The number of aldehydes is 1. The third-order valence-electron chi connectivity index (χ3n) is 5.77. The molecule has 3 N–H and O–H groups in total. The summed E-state index contributed by atoms with van der Waals surface area (Å²) in [6.45, 7) is 3.79. The van der Waals surface area contributed by atoms with Crippen molar-refractivity contribution in [2.75, 3.05) is 6.61 Å². The third-order valence-corrected chi connectivity index (χ3v) is 7.26. The molecule has 2 aliphatic rings. The summed E-state index contributed by atoms with van der Waals surface area (Å²) in [7, 11) is -4.20. The first-order valence-electron chi connectivity index (χ1n) is 11.6. The fourth-order valence-electron chi connectivity index (χ4n) is 3.74. The second kappa shape index (κ2) is 12.1. The summed E-state index contributed by atoms with van der Waals surface area (Å²) < 4.78 is 47.3. The molecule has 2 aliphatic heterocycles. The van der Waals surface area contributed by atoms with Crippen LogP contribution < -0.4 is 20.1 Å². The maximum Gasteiger partial charge on any atom is 0.243 e. The van der Waals surface area contributed by atoms with E-state index in [1.165, 1.54) is 0 Å². The number of halogens is 1. The minimum Gasteiger partial charge on any atom is -0.494 e. The van der Waals surface area contributed by atoms with E-state index in [2.05, 4.69) is 15.4 Å². The lowest BCUT2D eigenvalue weighted by molar-refractivity contribution is -0.131. The molecule has 36 heavy (non-hydrogen) atoms. The highest BCUT2D eigenvalue weighted by Gasteiger charge is 2.32. The van der Waals surface area contributed by atoms with Crippen LogP contribution in [0.5, 0.6) is 5.75 Å². The first-order chi connectivity index (χ1) is 17.1. The van der Waals surface area contributed by atoms with Crippen LogP contribution in [0.15, 0.2) is 53.4 Å². The van der Waals surface area contributed by atoms with Gasteiger partial charge in [0, 0.05) is 4.28 Å². The van der Waals surface area contributed by atoms with Crippen LogP contribution in [0.25, 0.3) is 0 Å². The van der Waals surface area contributed by atoms with Crippen molar-refractivity contribution in [2.24, 2.45) is 5.92 Å². The van der Waals surface area contributed by atoms with Gasteiger partial charge in [0.25, 0.3) is 0 Å². The fraction of sp³-hybridized carbons (Fsp3) is 0.400. The number of nitrogens with one attached hydrogen (secondary N) is 3. The molecular formula is C25H36FN3O6S. The lowest BCUT2D eigenvalue weighted by Crippen LogP contribution is -2.57. The van der Waals surface area contributed by atoms with Gasteiger partial charge in [-0.15, -0.1) is 0 Å². The van der Waals surface area contributed by atoms with Gasteiger partial charge in [0.2, 0.25) is 21.8 Å². The van der Waals surface area contributed by atoms with Crippen molar-refractivity contribution in [1.82, 2.24) is 15.4 Å². The van der Waals surface area contributed by atoms with E-state index in [0.29, 0.717) is 37.0 Å². The van der Waals surface area contributed by atoms with Crippen molar-refractivity contribution in [3.8, 4) is 5.75 Å². The molecule has 0 aromatic heterocycles. The van der Waals surface area contributed by atoms with Crippen molar-refractivity contribution >= 4 is 28.1 Å². The van der Waals surface area contributed by atoms with Gasteiger partial charge < -0.3 is 20.2 Å². The van der Waals surface area contributed by atoms with Gasteiger partial charge in [-0.05, 0) is 67.1 Å². The quantitative estimate of drug-likeness (QED) is 0.514. The maximum absolute atomic E-state index is 13.3. The molecule has 0 unspecified atom stereocenters. The number of fused-ring (bicyclic) bond motifs is 13. The Labute approximate surface area is 214 Å². The first kappa shape index (κ1) is 27.3. The van der Waals surface area contributed by atoms with E-state index in [1.807, 2.05) is 0 Å². The van der Waals surface area contributed by atoms with Crippen LogP contribution in [-0.4, -0.2) is 51.3 Å². The highest BCUT2D eigenvalue weighted by atomic mass is 32.2. The highest BCUT2D eigenvalue weighted by molar-refractivity contribution is 7.89. The third kappa shape index (κ3) is 7.34. The van der Waals surface area contributed by atoms with Crippen LogP contribution >= 0.6 is 0 Å². The van der Waals surface area contributed by atoms with Gasteiger partial charge in [-0.2, -0.15) is 4.72 Å². The molecule has 4 rings (SSSR count). The van der Waals surface area contributed by atoms with E-state index in [0.717, 1.165) is 24.3 Å². The summed E-state index contributed by atoms with van der Waals surface area (Å²) in [5.41, 5.74) is 0.656. The van der Waals surface area contributed by atoms with Crippen molar-refractivity contribution in [2.45, 2.75) is 56.1 Å². The number of carbonyl (C=O) groups excluding carboxylic acids is 3. The van der Waals surface area contributed by atoms with Crippen molar-refractivity contribution < 1.29 is 36.2 Å². The van der Waals surface area contributed by atoms with Crippen LogP contribution in [-0.2, 0) is 30.8 Å². The van der Waals surface area contributed by atoms with Crippen LogP contribution in [0, 0.1) is 11.7 Å². The highest BCUT2D eigenvalue weighted by Crippen LogP contribution is 2.17. The second-order valence-electron chi connectivity index (χ2n) is 8.95. The number of hydrogen-bond acceptors (Lipinski definition) is 6. The summed E-state index contributed by atoms with van der Waals surface area (Å²) in [6, 6.07) is 8.01. The number of rotatable bonds is 5. The van der Waals surface area contributed by atoms with Gasteiger partial charge in [0.05, 0.1) is 17.5 Å². The number of ether oxygens (including phenoxy) is 1. The zero-order chi connectivity index (χ0) is 26.3. The van der Waals surface area contributed by atoms with Gasteiger partial charge in [-0.1, -0.05) is 26.0 Å². The molecule has 0 spiro atoms. The lowest BCUT2D eigenvalue weighted by atomic mass is 10.0. The Morgan fingerprint density at radius 1 is 1.06 bits per heavy atom. The van der Waals surface area contributed by atoms with Crippen molar-refractivity contribution in [3.05, 3.63) is 59.9 Å². The Balaban J connectivity index is 0.00000481. The predicted molar refractivity (Wildman–Crippen MR) is 136 cm³/mol. The lowest BCUT2D eigenvalue weighted by Gasteiger charge is -2.26. The SMILES string of the molecule is CC(C)[C@@H]1NC(=O)[C@@H](NS(=O)(=O)c2ccc(F)cc2)Cc2ccc(cc2)OCCC[C@@H](C=O)NC1=O.[HH].[HH].[HH]. The van der Waals surface area contributed by atoms with Gasteiger partial charge in [0.1, 0.15) is 29.9 Å². The standard InChI is InChI=1S/C25H30FN3O6S.3H2/c1-16(2)23-25(32)27-19(15-30)4-3-13-35-20-9-5-17(6-10-20)14-22(24(31)28-23)29-36(33,34)21-11-7-18(26)8-12-21;;;/h5-12,15-16,19,22-23,29H,3-4,13-14H2,1-2H3,(H,27,32)(H,28,31);3*1H/t19-,22-,23-;;;/m0.../s1. The molecule has 3 atom stereocenters. The number of amides is 2. The molecule has 2 aromatic carbocycles. The molecule has 0 saturated heterocycles. The molecule has 2 bridgehead atoms. The van der Waals surface area contributed by atoms with E-state index < -0.39 is 45.8 Å². The maximum atomic E-state index is 13.3. The Hall–Kier alpha value is -3.31. The van der Waals surface area contributed by atoms with E-state index in [-0.39, 0.29) is 21.5 Å². The van der Waals surface area contributed by atoms with Crippen LogP contribution in [0.2, 0.25) is 0 Å². The molecule has 0 aliphatic carbocycles. The average Bonchev–Trinajstić information content (AvgIpc) is 2.84. The topological polar surface area (TPSA) is 131 Å². The van der Waals surface area contributed by atoms with Gasteiger partial charge in [-0.3, -0.25) is 9.59 Å². The molecular weight excluding hydrogens is 489 g/mol. The number of carbonyl (C=O) groups is 3. The minimum atomic E-state index is -4.20. The molecule has 11 heteroatoms. The average molecular weight is 526 g/mol. The van der Waals surface area contributed by atoms with Gasteiger partial charge >= 0.3 is 0 Å². The minimum absolute atomic E-state index is 0. The van der Waals surface area contributed by atoms with Crippen LogP contribution in [0.1, 0.15) is 36.5 Å². The van der Waals surface area contributed by atoms with Gasteiger partial charge in [0.15, 0.2) is 0 Å². The Morgan fingerprint density at radius 3 is 2.33 bits per heavy atom. The largest absolute Gasteiger partial charge is 0.494 e. The fourth-order valence-corrected chi connectivity index (χ4v) is 4.94. The molecule has 0 radical (unpaired) electrons. The Kier molecular flexibility index (Phi) is 9.16. The second-order valence-corrected chi connectivity index (χ2v) is 10.7. The zero-order valence-corrected chi connectivity index (χ0v) is 20.9. The molecule has 2 aromatic rings. The van der Waals surface area contributed by atoms with E-state index in [9.17, 15) is 27.2 Å². The summed E-state index contributed by atoms with van der Waals surface area (Å²) in [5.74, 6) is -1.64. The molecule has 2 amide bonds. The summed E-state index contributed by atoms with van der Waals surface area (Å²) in [6.07, 6.45) is 1.49. The van der Waals surface area contributed by atoms with Crippen molar-refractivity contribution in [3.63, 3.8) is 0 Å². The molecule has 9 nitrogen and oxygen atoms in total. The monoisotopic (exact) mass is 525 g/mol. The van der Waals surface area contributed by atoms with Gasteiger partial charge in [-0.25, -0.2) is 12.8 Å². The van der Waals surface area contributed by atoms with Crippen molar-refractivity contribution in [1.29, 1.82) is 0 Å². The molecule has 0 fully saturated rings. The van der Waals surface area contributed by atoms with Crippen LogP contribution in [0.4, 0.5) is 4.39 Å². The zero-order valence-electron chi connectivity index (χ0n) is 20.1. The summed E-state index contributed by atoms with van der Waals surface area (Å²) in [4.78, 5) is 37.5. The summed E-state index contributed by atoms with van der Waals surface area (Å²) >= 11 is 0. The van der Waals surface area contributed by atoms with E-state index in [4.69, 9.17) is 4.74 Å². The number of hydrogen-bond donors (Lipinski definition) is 3.